The minimum Gasteiger partial charge on any atom is -0.491 e. The summed E-state index contributed by atoms with van der Waals surface area (Å²) in [4.78, 5) is 6.90. The van der Waals surface area contributed by atoms with E-state index in [2.05, 4.69) is 31.2 Å². The van der Waals surface area contributed by atoms with Crippen molar-refractivity contribution in [2.45, 2.75) is 6.10 Å². The lowest BCUT2D eigenvalue weighted by molar-refractivity contribution is 0.108. The summed E-state index contributed by atoms with van der Waals surface area (Å²) in [5.74, 6) is 0.0246. The Morgan fingerprint density at radius 1 is 1.21 bits per heavy atom. The first-order valence-electron chi connectivity index (χ1n) is 8.76. The zero-order valence-electron chi connectivity index (χ0n) is 15.0. The molecule has 5 nitrogen and oxygen atoms in total. The van der Waals surface area contributed by atoms with Gasteiger partial charge in [0.1, 0.15) is 24.0 Å². The summed E-state index contributed by atoms with van der Waals surface area (Å²) in [6, 6.07) is 16.0. The van der Waals surface area contributed by atoms with Gasteiger partial charge in [-0.2, -0.15) is 0 Å². The summed E-state index contributed by atoms with van der Waals surface area (Å²) < 4.78 is 21.7. The monoisotopic (exact) mass is 475 g/mol. The lowest BCUT2D eigenvalue weighted by Gasteiger charge is -2.19. The number of aliphatic hydroxyl groups is 1. The van der Waals surface area contributed by atoms with Crippen molar-refractivity contribution in [2.24, 2.45) is 0 Å². The molecule has 0 saturated heterocycles. The van der Waals surface area contributed by atoms with Gasteiger partial charge in [0, 0.05) is 10.0 Å². The molecule has 29 heavy (non-hydrogen) atoms. The highest BCUT2D eigenvalue weighted by atomic mass is 79.9. The van der Waals surface area contributed by atoms with E-state index < -0.39 is 11.9 Å². The molecule has 4 rings (SSSR count). The largest absolute Gasteiger partial charge is 0.491 e. The van der Waals surface area contributed by atoms with Crippen molar-refractivity contribution in [3.63, 3.8) is 0 Å². The number of imidazole rings is 1. The van der Waals surface area contributed by atoms with Gasteiger partial charge in [-0.15, -0.1) is 0 Å². The molecule has 0 aliphatic carbocycles. The highest BCUT2D eigenvalue weighted by Crippen LogP contribution is 2.36. The number of nitrogens with zero attached hydrogens (tertiary/aromatic N) is 1. The van der Waals surface area contributed by atoms with Crippen LogP contribution in [0.2, 0.25) is 5.02 Å². The summed E-state index contributed by atoms with van der Waals surface area (Å²) in [7, 11) is 0. The van der Waals surface area contributed by atoms with Gasteiger partial charge in [0.25, 0.3) is 0 Å². The third-order valence-corrected chi connectivity index (χ3v) is 5.19. The molecule has 1 unspecified atom stereocenters. The van der Waals surface area contributed by atoms with E-state index in [0.29, 0.717) is 27.5 Å². The van der Waals surface area contributed by atoms with Gasteiger partial charge in [-0.1, -0.05) is 45.7 Å². The topological polar surface area (TPSA) is 70.2 Å². The third kappa shape index (κ3) is 4.22. The number of ether oxygens (including phenoxy) is 1. The Bertz CT molecular complexity index is 1150. The van der Waals surface area contributed by atoms with Gasteiger partial charge in [-0.3, -0.25) is 0 Å². The summed E-state index contributed by atoms with van der Waals surface area (Å²) in [5, 5.41) is 14.2. The van der Waals surface area contributed by atoms with Crippen molar-refractivity contribution in [1.29, 1.82) is 0 Å². The maximum Gasteiger partial charge on any atom is 0.174 e. The van der Waals surface area contributed by atoms with Crippen LogP contribution in [-0.2, 0) is 0 Å². The number of hydrogen-bond acceptors (Lipinski definition) is 4. The van der Waals surface area contributed by atoms with E-state index in [4.69, 9.17) is 16.3 Å². The van der Waals surface area contributed by atoms with Gasteiger partial charge in [-0.05, 0) is 36.4 Å². The zero-order chi connectivity index (χ0) is 20.4. The van der Waals surface area contributed by atoms with E-state index in [0.717, 1.165) is 4.47 Å². The quantitative estimate of drug-likeness (QED) is 0.320. The molecule has 0 amide bonds. The summed E-state index contributed by atoms with van der Waals surface area (Å²) in [6.45, 7) is -0.0498. The second-order valence-corrected chi connectivity index (χ2v) is 7.67. The molecular formula is C21H16BrClFN3O2. The van der Waals surface area contributed by atoms with Crippen LogP contribution in [0.3, 0.4) is 0 Å². The van der Waals surface area contributed by atoms with Gasteiger partial charge < -0.3 is 20.1 Å². The Labute approximate surface area is 179 Å². The number of nitrogens with one attached hydrogen (secondary N) is 2. The molecule has 8 heteroatoms. The van der Waals surface area contributed by atoms with Crippen LogP contribution < -0.4 is 10.1 Å². The fourth-order valence-electron chi connectivity index (χ4n) is 2.96. The molecule has 3 aromatic carbocycles. The summed E-state index contributed by atoms with van der Waals surface area (Å²) in [6.07, 6.45) is 0.315. The van der Waals surface area contributed by atoms with E-state index in [1.807, 2.05) is 18.2 Å². The number of hydrogen-bond donors (Lipinski definition) is 3. The number of aromatic amines is 1. The number of anilines is 2. The van der Waals surface area contributed by atoms with Crippen molar-refractivity contribution < 1.29 is 14.2 Å². The van der Waals surface area contributed by atoms with Crippen LogP contribution in [-0.4, -0.2) is 21.7 Å². The molecule has 1 heterocycles. The van der Waals surface area contributed by atoms with Crippen molar-refractivity contribution >= 4 is 49.9 Å². The number of halogens is 3. The Hall–Kier alpha value is -2.61. The molecule has 148 valence electrons. The number of H-pyrrole nitrogens is 1. The van der Waals surface area contributed by atoms with Gasteiger partial charge in [0.15, 0.2) is 5.82 Å². The number of rotatable bonds is 6. The number of aromatic nitrogens is 2. The molecular weight excluding hydrogens is 461 g/mol. The van der Waals surface area contributed by atoms with E-state index in [9.17, 15) is 5.11 Å². The van der Waals surface area contributed by atoms with Gasteiger partial charge >= 0.3 is 0 Å². The smallest absolute Gasteiger partial charge is 0.174 e. The predicted octanol–water partition coefficient (Wildman–Crippen LogP) is 5.97. The normalized spacial score (nSPS) is 12.1. The number of benzene rings is 3. The second kappa shape index (κ2) is 8.41. The van der Waals surface area contributed by atoms with E-state index in [1.165, 1.54) is 6.33 Å². The summed E-state index contributed by atoms with van der Waals surface area (Å²) >= 11 is 9.63. The SMILES string of the molecule is OC(COc1ccccc1)c1cc2[nH]cnc2c(F)c1Nc1ccc(Br)cc1Cl. The second-order valence-electron chi connectivity index (χ2n) is 6.34. The van der Waals surface area contributed by atoms with E-state index >= 15 is 4.39 Å². The lowest BCUT2D eigenvalue weighted by Crippen LogP contribution is -2.13. The zero-order valence-corrected chi connectivity index (χ0v) is 17.3. The molecule has 1 atom stereocenters. The van der Waals surface area contributed by atoms with Crippen LogP contribution in [0.25, 0.3) is 11.0 Å². The minimum atomic E-state index is -1.09. The highest BCUT2D eigenvalue weighted by Gasteiger charge is 2.22. The van der Waals surface area contributed by atoms with Crippen LogP contribution >= 0.6 is 27.5 Å². The molecule has 0 aliphatic rings. The fourth-order valence-corrected chi connectivity index (χ4v) is 3.68. The molecule has 4 aromatic rings. The van der Waals surface area contributed by atoms with Gasteiger partial charge in [0.05, 0.1) is 28.2 Å². The number of para-hydroxylation sites is 1. The van der Waals surface area contributed by atoms with Crippen molar-refractivity contribution in [1.82, 2.24) is 9.97 Å². The van der Waals surface area contributed by atoms with Crippen LogP contribution in [0.15, 0.2) is 65.4 Å². The first-order valence-corrected chi connectivity index (χ1v) is 9.93. The molecule has 0 bridgehead atoms. The average molecular weight is 477 g/mol. The molecule has 1 aromatic heterocycles. The molecule has 0 aliphatic heterocycles. The fraction of sp³-hybridized carbons (Fsp3) is 0.0952. The van der Waals surface area contributed by atoms with Gasteiger partial charge in [-0.25, -0.2) is 9.37 Å². The van der Waals surface area contributed by atoms with Crippen molar-refractivity contribution in [2.75, 3.05) is 11.9 Å². The Balaban J connectivity index is 1.70. The molecule has 3 N–H and O–H groups in total. The highest BCUT2D eigenvalue weighted by molar-refractivity contribution is 9.10. The van der Waals surface area contributed by atoms with Crippen molar-refractivity contribution in [3.8, 4) is 5.75 Å². The van der Waals surface area contributed by atoms with Crippen molar-refractivity contribution in [3.05, 3.63) is 81.8 Å². The molecule has 0 saturated carbocycles. The maximum atomic E-state index is 15.2. The van der Waals surface area contributed by atoms with E-state index in [1.54, 1.807) is 36.4 Å². The average Bonchev–Trinajstić information content (AvgIpc) is 3.19. The van der Waals surface area contributed by atoms with E-state index in [-0.39, 0.29) is 17.8 Å². The number of aliphatic hydroxyl groups excluding tert-OH is 1. The lowest BCUT2D eigenvalue weighted by atomic mass is 10.0. The van der Waals surface area contributed by atoms with Crippen LogP contribution in [0.5, 0.6) is 5.75 Å². The van der Waals surface area contributed by atoms with Crippen LogP contribution in [0, 0.1) is 5.82 Å². The molecule has 0 fully saturated rings. The predicted molar refractivity (Wildman–Crippen MR) is 115 cm³/mol. The minimum absolute atomic E-state index is 0.0498. The van der Waals surface area contributed by atoms with Crippen LogP contribution in [0.1, 0.15) is 11.7 Å². The molecule has 0 spiro atoms. The summed E-state index contributed by atoms with van der Waals surface area (Å²) in [5.41, 5.74) is 1.57. The van der Waals surface area contributed by atoms with Crippen LogP contribution in [0.4, 0.5) is 15.8 Å². The van der Waals surface area contributed by atoms with Gasteiger partial charge in [0.2, 0.25) is 0 Å². The Morgan fingerprint density at radius 3 is 2.76 bits per heavy atom. The maximum absolute atomic E-state index is 15.2. The third-order valence-electron chi connectivity index (χ3n) is 4.39. The first-order chi connectivity index (χ1) is 14.0. The molecule has 0 radical (unpaired) electrons. The Morgan fingerprint density at radius 2 is 2.00 bits per heavy atom. The Kier molecular flexibility index (Phi) is 5.71. The first kappa shape index (κ1) is 19.7. The standard InChI is InChI=1S/C21H16BrClFN3O2/c22-12-6-7-16(15(23)8-12)27-20-14(9-17-21(19(20)24)26-11-25-17)18(28)10-29-13-4-2-1-3-5-13/h1-9,11,18,27-28H,10H2,(H,25,26). The number of fused-ring (bicyclic) bond motifs is 1.